The number of nitrogens with zero attached hydrogens (tertiary/aromatic N) is 1. The van der Waals surface area contributed by atoms with Crippen LogP contribution in [0.4, 0.5) is 22.4 Å². The Labute approximate surface area is 196 Å². The lowest BCUT2D eigenvalue weighted by Gasteiger charge is -2.22. The van der Waals surface area contributed by atoms with Gasteiger partial charge in [0, 0.05) is 28.6 Å². The molecule has 0 fully saturated rings. The van der Waals surface area contributed by atoms with Crippen molar-refractivity contribution < 1.29 is 40.1 Å². The Kier molecular flexibility index (Phi) is 7.11. The quantitative estimate of drug-likeness (QED) is 0.272. The van der Waals surface area contributed by atoms with E-state index in [0.29, 0.717) is 0 Å². The molecular formula is C22H20F4N2O6S. The summed E-state index contributed by atoms with van der Waals surface area (Å²) in [7, 11) is -6.00. The second-order valence-corrected chi connectivity index (χ2v) is 9.53. The van der Waals surface area contributed by atoms with Crippen molar-refractivity contribution in [3.05, 3.63) is 64.3 Å². The number of fused-ring (bicyclic) bond motifs is 1. The Hall–Kier alpha value is -3.61. The van der Waals surface area contributed by atoms with E-state index in [4.69, 9.17) is 5.11 Å². The second kappa shape index (κ2) is 9.56. The van der Waals surface area contributed by atoms with Gasteiger partial charge >= 0.3 is 21.7 Å². The van der Waals surface area contributed by atoms with Crippen LogP contribution in [0.3, 0.4) is 0 Å². The van der Waals surface area contributed by atoms with Gasteiger partial charge in [0.15, 0.2) is 0 Å². The van der Waals surface area contributed by atoms with Gasteiger partial charge in [0.05, 0.1) is 6.54 Å². The molecule has 0 bridgehead atoms. The number of hydrogen-bond acceptors (Lipinski definition) is 5. The maximum Gasteiger partial charge on any atom is 0.534 e. The van der Waals surface area contributed by atoms with Gasteiger partial charge in [0.25, 0.3) is 5.56 Å². The summed E-state index contributed by atoms with van der Waals surface area (Å²) in [6, 6.07) is 8.00. The smallest absolute Gasteiger partial charge is 0.465 e. The van der Waals surface area contributed by atoms with Gasteiger partial charge in [-0.05, 0) is 41.8 Å². The Morgan fingerprint density at radius 3 is 2.40 bits per heavy atom. The van der Waals surface area contributed by atoms with Crippen molar-refractivity contribution in [1.82, 2.24) is 9.88 Å². The standard InChI is InChI=1S/C22H20F4N2O6S/c1-12(2)11-28-18(10-27-21(30)31)19(13-4-3-5-14(23)8-13)17-9-15(6-7-16(17)20(28)29)34-35(32,33)22(24,25)26/h3-9,12,27H,10-11H2,1-2H3,(H,30,31). The van der Waals surface area contributed by atoms with Gasteiger partial charge in [-0.3, -0.25) is 4.79 Å². The van der Waals surface area contributed by atoms with E-state index in [0.717, 1.165) is 30.3 Å². The predicted octanol–water partition coefficient (Wildman–Crippen LogP) is 4.46. The third-order valence-corrected chi connectivity index (χ3v) is 5.89. The van der Waals surface area contributed by atoms with Crippen LogP contribution in [0, 0.1) is 11.7 Å². The normalized spacial score (nSPS) is 12.2. The Balaban J connectivity index is 2.41. The molecule has 13 heteroatoms. The van der Waals surface area contributed by atoms with Crippen molar-refractivity contribution in [2.75, 3.05) is 0 Å². The molecule has 0 aliphatic rings. The molecule has 0 saturated heterocycles. The summed E-state index contributed by atoms with van der Waals surface area (Å²) in [5.41, 5.74) is -5.86. The first-order valence-corrected chi connectivity index (χ1v) is 11.5. The van der Waals surface area contributed by atoms with Gasteiger partial charge < -0.3 is 19.2 Å². The summed E-state index contributed by atoms with van der Waals surface area (Å²) in [5.74, 6) is -1.47. The van der Waals surface area contributed by atoms with E-state index in [1.807, 2.05) is 13.8 Å². The number of aromatic nitrogens is 1. The first-order valence-electron chi connectivity index (χ1n) is 10.1. The number of halogens is 4. The lowest BCUT2D eigenvalue weighted by molar-refractivity contribution is -0.0500. The van der Waals surface area contributed by atoms with Gasteiger partial charge in [-0.1, -0.05) is 26.0 Å². The lowest BCUT2D eigenvalue weighted by Crippen LogP contribution is -2.31. The van der Waals surface area contributed by atoms with E-state index in [1.165, 1.54) is 16.7 Å². The average molecular weight is 516 g/mol. The highest BCUT2D eigenvalue weighted by atomic mass is 32.2. The number of amides is 1. The maximum absolute atomic E-state index is 14.1. The molecule has 0 unspecified atom stereocenters. The zero-order chi connectivity index (χ0) is 26.1. The highest BCUT2D eigenvalue weighted by molar-refractivity contribution is 7.88. The first-order chi connectivity index (χ1) is 16.2. The van der Waals surface area contributed by atoms with Crippen LogP contribution in [0.15, 0.2) is 47.3 Å². The van der Waals surface area contributed by atoms with Gasteiger partial charge in [-0.15, -0.1) is 0 Å². The molecule has 0 aliphatic heterocycles. The van der Waals surface area contributed by atoms with E-state index < -0.39 is 45.4 Å². The van der Waals surface area contributed by atoms with Gasteiger partial charge in [-0.25, -0.2) is 9.18 Å². The summed E-state index contributed by atoms with van der Waals surface area (Å²) in [6.07, 6.45) is -1.41. The highest BCUT2D eigenvalue weighted by Crippen LogP contribution is 2.35. The minimum absolute atomic E-state index is 0.0132. The molecule has 1 amide bonds. The Morgan fingerprint density at radius 2 is 1.83 bits per heavy atom. The summed E-state index contributed by atoms with van der Waals surface area (Å²) < 4.78 is 81.1. The van der Waals surface area contributed by atoms with Crippen molar-refractivity contribution in [2.24, 2.45) is 5.92 Å². The first kappa shape index (κ1) is 26.0. The molecule has 0 saturated carbocycles. The van der Waals surface area contributed by atoms with E-state index in [2.05, 4.69) is 9.50 Å². The van der Waals surface area contributed by atoms with Crippen LogP contribution in [-0.4, -0.2) is 29.7 Å². The molecule has 3 rings (SSSR count). The third kappa shape index (κ3) is 5.56. The molecule has 1 heterocycles. The van der Waals surface area contributed by atoms with E-state index in [1.54, 1.807) is 0 Å². The molecule has 35 heavy (non-hydrogen) atoms. The van der Waals surface area contributed by atoms with Gasteiger partial charge in [0.2, 0.25) is 0 Å². The fourth-order valence-corrected chi connectivity index (χ4v) is 4.02. The van der Waals surface area contributed by atoms with Crippen LogP contribution in [0.25, 0.3) is 21.9 Å². The van der Waals surface area contributed by atoms with Crippen LogP contribution >= 0.6 is 0 Å². The van der Waals surface area contributed by atoms with Crippen LogP contribution in [-0.2, 0) is 23.2 Å². The highest BCUT2D eigenvalue weighted by Gasteiger charge is 2.48. The molecule has 0 atom stereocenters. The van der Waals surface area contributed by atoms with Crippen molar-refractivity contribution in [3.63, 3.8) is 0 Å². The summed E-state index contributed by atoms with van der Waals surface area (Å²) in [4.78, 5) is 24.5. The van der Waals surface area contributed by atoms with Crippen molar-refractivity contribution in [1.29, 1.82) is 0 Å². The summed E-state index contributed by atoms with van der Waals surface area (Å²) >= 11 is 0. The number of benzene rings is 2. The summed E-state index contributed by atoms with van der Waals surface area (Å²) in [5, 5.41) is 11.2. The molecule has 0 aliphatic carbocycles. The van der Waals surface area contributed by atoms with Crippen LogP contribution in [0.5, 0.6) is 5.75 Å². The zero-order valence-corrected chi connectivity index (χ0v) is 19.2. The predicted molar refractivity (Wildman–Crippen MR) is 119 cm³/mol. The number of hydrogen-bond donors (Lipinski definition) is 2. The minimum Gasteiger partial charge on any atom is -0.465 e. The monoisotopic (exact) mass is 516 g/mol. The van der Waals surface area contributed by atoms with Crippen molar-refractivity contribution in [3.8, 4) is 16.9 Å². The van der Waals surface area contributed by atoms with Crippen molar-refractivity contribution in [2.45, 2.75) is 32.4 Å². The fourth-order valence-electron chi connectivity index (χ4n) is 3.57. The number of carbonyl (C=O) groups is 1. The van der Waals surface area contributed by atoms with Gasteiger partial charge in [-0.2, -0.15) is 21.6 Å². The lowest BCUT2D eigenvalue weighted by atomic mass is 9.96. The topological polar surface area (TPSA) is 115 Å². The maximum atomic E-state index is 14.1. The fraction of sp³-hybridized carbons (Fsp3) is 0.273. The molecule has 2 N–H and O–H groups in total. The van der Waals surface area contributed by atoms with E-state index >= 15 is 0 Å². The zero-order valence-electron chi connectivity index (χ0n) is 18.4. The molecule has 2 aromatic carbocycles. The Morgan fingerprint density at radius 1 is 1.14 bits per heavy atom. The largest absolute Gasteiger partial charge is 0.534 e. The number of carboxylic acid groups (broad SMARTS) is 1. The number of nitrogens with one attached hydrogen (secondary N) is 1. The number of alkyl halides is 3. The SMILES string of the molecule is CC(C)Cn1c(CNC(=O)O)c(-c2cccc(F)c2)c2cc(OS(=O)(=O)C(F)(F)F)ccc2c1=O. The van der Waals surface area contributed by atoms with Crippen molar-refractivity contribution >= 4 is 27.0 Å². The Bertz CT molecular complexity index is 1450. The second-order valence-electron chi connectivity index (χ2n) is 7.99. The number of rotatable bonds is 7. The average Bonchev–Trinajstić information content (AvgIpc) is 2.73. The summed E-state index contributed by atoms with van der Waals surface area (Å²) in [6.45, 7) is 3.37. The molecule has 0 radical (unpaired) electrons. The molecular weight excluding hydrogens is 496 g/mol. The molecule has 188 valence electrons. The minimum atomic E-state index is -6.00. The third-order valence-electron chi connectivity index (χ3n) is 4.91. The van der Waals surface area contributed by atoms with Crippen LogP contribution in [0.2, 0.25) is 0 Å². The molecule has 3 aromatic rings. The van der Waals surface area contributed by atoms with Crippen LogP contribution in [0.1, 0.15) is 19.5 Å². The molecule has 8 nitrogen and oxygen atoms in total. The number of pyridine rings is 1. The van der Waals surface area contributed by atoms with E-state index in [-0.39, 0.29) is 40.1 Å². The molecule has 1 aromatic heterocycles. The van der Waals surface area contributed by atoms with Gasteiger partial charge in [0.1, 0.15) is 11.6 Å². The van der Waals surface area contributed by atoms with E-state index in [9.17, 15) is 35.6 Å². The van der Waals surface area contributed by atoms with Crippen LogP contribution < -0.4 is 15.1 Å². The molecule has 0 spiro atoms.